The molecule has 3 heterocycles. The Kier molecular flexibility index (Phi) is 4.71. The summed E-state index contributed by atoms with van der Waals surface area (Å²) < 4.78 is 5.58. The Bertz CT molecular complexity index is 734. The molecule has 0 unspecified atom stereocenters. The Morgan fingerprint density at radius 3 is 2.83 bits per heavy atom. The van der Waals surface area contributed by atoms with Crippen molar-refractivity contribution in [1.82, 2.24) is 14.9 Å². The highest BCUT2D eigenvalue weighted by Crippen LogP contribution is 2.16. The second-order valence-corrected chi connectivity index (χ2v) is 6.09. The minimum absolute atomic E-state index is 0.105. The zero-order valence-corrected chi connectivity index (χ0v) is 13.6. The lowest BCUT2D eigenvalue weighted by molar-refractivity contribution is 0.0713. The van der Waals surface area contributed by atoms with E-state index in [9.17, 15) is 9.59 Å². The van der Waals surface area contributed by atoms with Gasteiger partial charge in [-0.15, -0.1) is 0 Å². The third kappa shape index (κ3) is 3.42. The molecule has 1 aliphatic heterocycles. The summed E-state index contributed by atoms with van der Waals surface area (Å²) in [6.45, 7) is 2.22. The van der Waals surface area contributed by atoms with E-state index in [1.54, 1.807) is 28.9 Å². The van der Waals surface area contributed by atoms with E-state index in [0.717, 1.165) is 11.5 Å². The number of H-pyrrole nitrogens is 1. The molecule has 1 aliphatic rings. The van der Waals surface area contributed by atoms with Crippen LogP contribution in [0.25, 0.3) is 0 Å². The summed E-state index contributed by atoms with van der Waals surface area (Å²) in [5.41, 5.74) is -0.208. The standard InChI is InChI=1S/C15H18N4O3S/c1-23-10-11-2-3-12(22-11)15(21)19-8-6-18(7-9-19)13-14(20)17-5-4-16-13/h2-5H,6-10H2,1H3,(H,17,20). The van der Waals surface area contributed by atoms with E-state index in [-0.39, 0.29) is 11.5 Å². The summed E-state index contributed by atoms with van der Waals surface area (Å²) in [5.74, 6) is 2.23. The van der Waals surface area contributed by atoms with Crippen LogP contribution in [-0.2, 0) is 5.75 Å². The fourth-order valence-electron chi connectivity index (χ4n) is 2.56. The Morgan fingerprint density at radius 1 is 1.35 bits per heavy atom. The third-order valence-corrected chi connectivity index (χ3v) is 4.29. The third-order valence-electron chi connectivity index (χ3n) is 3.71. The molecule has 1 amide bonds. The van der Waals surface area contributed by atoms with Gasteiger partial charge < -0.3 is 19.2 Å². The molecule has 7 nitrogen and oxygen atoms in total. The van der Waals surface area contributed by atoms with E-state index in [1.165, 1.54) is 6.20 Å². The number of aromatic amines is 1. The first kappa shape index (κ1) is 15.7. The van der Waals surface area contributed by atoms with Crippen LogP contribution in [0.15, 0.2) is 33.7 Å². The number of nitrogens with one attached hydrogen (secondary N) is 1. The van der Waals surface area contributed by atoms with Gasteiger partial charge in [-0.05, 0) is 18.4 Å². The largest absolute Gasteiger partial charge is 0.455 e. The summed E-state index contributed by atoms with van der Waals surface area (Å²) in [5, 5.41) is 0. The molecular formula is C15H18N4O3S. The van der Waals surface area contributed by atoms with E-state index in [4.69, 9.17) is 4.42 Å². The number of rotatable bonds is 4. The molecule has 3 rings (SSSR count). The van der Waals surface area contributed by atoms with Crippen molar-refractivity contribution in [2.45, 2.75) is 5.75 Å². The van der Waals surface area contributed by atoms with Crippen molar-refractivity contribution in [3.63, 3.8) is 0 Å². The summed E-state index contributed by atoms with van der Waals surface area (Å²) in [6.07, 6.45) is 5.06. The number of hydrogen-bond donors (Lipinski definition) is 1. The van der Waals surface area contributed by atoms with E-state index in [2.05, 4.69) is 9.97 Å². The highest BCUT2D eigenvalue weighted by Gasteiger charge is 2.25. The molecular weight excluding hydrogens is 316 g/mol. The number of nitrogens with zero attached hydrogens (tertiary/aromatic N) is 3. The Morgan fingerprint density at radius 2 is 2.13 bits per heavy atom. The van der Waals surface area contributed by atoms with Crippen molar-refractivity contribution in [1.29, 1.82) is 0 Å². The Balaban J connectivity index is 1.63. The first-order valence-electron chi connectivity index (χ1n) is 7.34. The molecule has 2 aromatic rings. The van der Waals surface area contributed by atoms with E-state index in [0.29, 0.717) is 37.8 Å². The molecule has 1 fully saturated rings. The molecule has 0 aromatic carbocycles. The van der Waals surface area contributed by atoms with Crippen molar-refractivity contribution in [3.8, 4) is 0 Å². The molecule has 1 N–H and O–H groups in total. The maximum Gasteiger partial charge on any atom is 0.290 e. The maximum absolute atomic E-state index is 12.5. The van der Waals surface area contributed by atoms with Gasteiger partial charge in [0.2, 0.25) is 0 Å². The van der Waals surface area contributed by atoms with Crippen LogP contribution in [0.1, 0.15) is 16.3 Å². The number of anilines is 1. The van der Waals surface area contributed by atoms with Crippen LogP contribution in [0.4, 0.5) is 5.82 Å². The van der Waals surface area contributed by atoms with Crippen molar-refractivity contribution in [3.05, 3.63) is 46.4 Å². The molecule has 2 aromatic heterocycles. The molecule has 0 radical (unpaired) electrons. The number of furan rings is 1. The summed E-state index contributed by atoms with van der Waals surface area (Å²) >= 11 is 1.65. The zero-order valence-electron chi connectivity index (χ0n) is 12.8. The smallest absolute Gasteiger partial charge is 0.290 e. The van der Waals surface area contributed by atoms with Gasteiger partial charge in [-0.3, -0.25) is 9.59 Å². The van der Waals surface area contributed by atoms with Gasteiger partial charge >= 0.3 is 0 Å². The lowest BCUT2D eigenvalue weighted by Gasteiger charge is -2.34. The molecule has 0 aliphatic carbocycles. The van der Waals surface area contributed by atoms with Crippen LogP contribution in [0.5, 0.6) is 0 Å². The quantitative estimate of drug-likeness (QED) is 0.904. The Labute approximate surface area is 137 Å². The number of carbonyl (C=O) groups excluding carboxylic acids is 1. The minimum Gasteiger partial charge on any atom is -0.455 e. The highest BCUT2D eigenvalue weighted by molar-refractivity contribution is 7.97. The first-order valence-corrected chi connectivity index (χ1v) is 8.74. The van der Waals surface area contributed by atoms with E-state index in [1.807, 2.05) is 17.2 Å². The number of thioether (sulfide) groups is 1. The summed E-state index contributed by atoms with van der Waals surface area (Å²) in [6, 6.07) is 3.57. The monoisotopic (exact) mass is 334 g/mol. The maximum atomic E-state index is 12.5. The average Bonchev–Trinajstić information content (AvgIpc) is 3.04. The number of piperazine rings is 1. The second-order valence-electron chi connectivity index (χ2n) is 5.22. The fourth-order valence-corrected chi connectivity index (χ4v) is 3.00. The lowest BCUT2D eigenvalue weighted by atomic mass is 10.3. The molecule has 23 heavy (non-hydrogen) atoms. The number of carbonyl (C=O) groups is 1. The average molecular weight is 334 g/mol. The zero-order chi connectivity index (χ0) is 16.2. The van der Waals surface area contributed by atoms with Crippen LogP contribution >= 0.6 is 11.8 Å². The van der Waals surface area contributed by atoms with Gasteiger partial charge in [0.05, 0.1) is 5.75 Å². The molecule has 0 bridgehead atoms. The Hall–Kier alpha value is -2.22. The first-order chi connectivity index (χ1) is 11.2. The predicted octanol–water partition coefficient (Wildman–Crippen LogP) is 1.19. The highest BCUT2D eigenvalue weighted by atomic mass is 32.2. The molecule has 0 atom stereocenters. The van der Waals surface area contributed by atoms with Crippen LogP contribution in [0.3, 0.4) is 0 Å². The van der Waals surface area contributed by atoms with Crippen LogP contribution in [-0.4, -0.2) is 53.2 Å². The van der Waals surface area contributed by atoms with Crippen molar-refractivity contribution < 1.29 is 9.21 Å². The number of hydrogen-bond acceptors (Lipinski definition) is 6. The lowest BCUT2D eigenvalue weighted by Crippen LogP contribution is -2.50. The van der Waals surface area contributed by atoms with Gasteiger partial charge in [0.25, 0.3) is 11.5 Å². The minimum atomic E-state index is -0.208. The topological polar surface area (TPSA) is 82.4 Å². The number of aromatic nitrogens is 2. The van der Waals surface area contributed by atoms with Gasteiger partial charge in [0, 0.05) is 38.6 Å². The van der Waals surface area contributed by atoms with E-state index >= 15 is 0 Å². The van der Waals surface area contributed by atoms with Crippen molar-refractivity contribution in [2.75, 3.05) is 37.3 Å². The molecule has 8 heteroatoms. The molecule has 0 spiro atoms. The second kappa shape index (κ2) is 6.91. The summed E-state index contributed by atoms with van der Waals surface area (Å²) in [7, 11) is 0. The van der Waals surface area contributed by atoms with Crippen molar-refractivity contribution in [2.24, 2.45) is 0 Å². The van der Waals surface area contributed by atoms with Gasteiger partial charge in [0.1, 0.15) is 5.76 Å². The van der Waals surface area contributed by atoms with Crippen LogP contribution in [0, 0.1) is 0 Å². The van der Waals surface area contributed by atoms with E-state index < -0.39 is 0 Å². The molecule has 0 saturated carbocycles. The van der Waals surface area contributed by atoms with Crippen molar-refractivity contribution >= 4 is 23.5 Å². The van der Waals surface area contributed by atoms with Crippen LogP contribution in [0.2, 0.25) is 0 Å². The molecule has 1 saturated heterocycles. The van der Waals surface area contributed by atoms with Gasteiger partial charge in [-0.25, -0.2) is 4.98 Å². The SMILES string of the molecule is CSCc1ccc(C(=O)N2CCN(c3ncc[nH]c3=O)CC2)o1. The summed E-state index contributed by atoms with van der Waals surface area (Å²) in [4.78, 5) is 34.6. The number of amides is 1. The molecule has 122 valence electrons. The predicted molar refractivity (Wildman–Crippen MR) is 88.9 cm³/mol. The normalized spacial score (nSPS) is 15.0. The van der Waals surface area contributed by atoms with Gasteiger partial charge in [-0.2, -0.15) is 11.8 Å². The van der Waals surface area contributed by atoms with Gasteiger partial charge in [0.15, 0.2) is 11.6 Å². The fraction of sp³-hybridized carbons (Fsp3) is 0.400. The van der Waals surface area contributed by atoms with Gasteiger partial charge in [-0.1, -0.05) is 0 Å². The van der Waals surface area contributed by atoms with Crippen LogP contribution < -0.4 is 10.5 Å².